The van der Waals surface area contributed by atoms with Gasteiger partial charge < -0.3 is 4.74 Å². The Morgan fingerprint density at radius 1 is 1.18 bits per heavy atom. The second-order valence-electron chi connectivity index (χ2n) is 6.80. The molecule has 4 aromatic rings. The summed E-state index contributed by atoms with van der Waals surface area (Å²) in [7, 11) is 0. The molecule has 0 saturated heterocycles. The Hall–Kier alpha value is -2.70. The van der Waals surface area contributed by atoms with Crippen LogP contribution in [0.5, 0.6) is 5.75 Å². The Labute approximate surface area is 170 Å². The lowest BCUT2D eigenvalue weighted by molar-refractivity contribution is 0.271. The second kappa shape index (κ2) is 7.73. The number of halogens is 1. The molecule has 0 fully saturated rings. The number of fused-ring (bicyclic) bond motifs is 1. The van der Waals surface area contributed by atoms with Crippen molar-refractivity contribution in [2.75, 3.05) is 6.61 Å². The number of hydrogen-bond donors (Lipinski definition) is 0. The first-order valence-electron chi connectivity index (χ1n) is 8.90. The van der Waals surface area contributed by atoms with Gasteiger partial charge in [-0.15, -0.1) is 5.10 Å². The molecule has 7 heteroatoms. The quantitative estimate of drug-likeness (QED) is 0.497. The van der Waals surface area contributed by atoms with Crippen LogP contribution < -0.4 is 14.8 Å². The van der Waals surface area contributed by atoms with Gasteiger partial charge >= 0.3 is 0 Å². The molecule has 0 amide bonds. The minimum atomic E-state index is -0.199. The molecule has 4 rings (SSSR count). The molecule has 28 heavy (non-hydrogen) atoms. The summed E-state index contributed by atoms with van der Waals surface area (Å²) in [6.45, 7) is 4.88. The zero-order valence-corrected chi connectivity index (χ0v) is 17.0. The maximum absolute atomic E-state index is 12.7. The fourth-order valence-corrected chi connectivity index (χ4v) is 3.74. The molecule has 5 nitrogen and oxygen atoms in total. The van der Waals surface area contributed by atoms with Crippen molar-refractivity contribution in [1.29, 1.82) is 0 Å². The van der Waals surface area contributed by atoms with Crippen molar-refractivity contribution in [2.45, 2.75) is 13.8 Å². The van der Waals surface area contributed by atoms with Gasteiger partial charge in [0.25, 0.3) is 5.56 Å². The van der Waals surface area contributed by atoms with Gasteiger partial charge in [-0.25, -0.2) is 0 Å². The molecule has 2 aromatic heterocycles. The molecule has 0 aliphatic rings. The van der Waals surface area contributed by atoms with Gasteiger partial charge in [0.05, 0.1) is 11.1 Å². The van der Waals surface area contributed by atoms with Crippen molar-refractivity contribution in [3.63, 3.8) is 0 Å². The van der Waals surface area contributed by atoms with Crippen molar-refractivity contribution >= 4 is 34.0 Å². The Morgan fingerprint density at radius 2 is 1.93 bits per heavy atom. The van der Waals surface area contributed by atoms with E-state index in [-0.39, 0.29) is 5.56 Å². The van der Waals surface area contributed by atoms with Gasteiger partial charge in [-0.3, -0.25) is 4.79 Å². The van der Waals surface area contributed by atoms with Crippen LogP contribution in [0.25, 0.3) is 22.4 Å². The van der Waals surface area contributed by atoms with E-state index >= 15 is 0 Å². The molecule has 2 aromatic carbocycles. The highest BCUT2D eigenvalue weighted by Crippen LogP contribution is 2.21. The van der Waals surface area contributed by atoms with Crippen molar-refractivity contribution < 1.29 is 4.74 Å². The number of benzene rings is 2. The van der Waals surface area contributed by atoms with E-state index in [4.69, 9.17) is 16.3 Å². The van der Waals surface area contributed by atoms with Crippen LogP contribution in [0.2, 0.25) is 5.02 Å². The standard InChI is InChI=1S/C21H18ClN3O2S/c1-13(2)12-27-16-9-7-14(8-10-16)19-23-21-25(24-19)20(26)18(28-21)11-15-5-3-4-6-17(15)22/h3-11,13H,12H2,1-2H3. The number of hydrogen-bond acceptors (Lipinski definition) is 5. The van der Waals surface area contributed by atoms with Crippen LogP contribution >= 0.6 is 22.9 Å². The van der Waals surface area contributed by atoms with E-state index in [9.17, 15) is 4.79 Å². The van der Waals surface area contributed by atoms with E-state index in [1.807, 2.05) is 42.5 Å². The lowest BCUT2D eigenvalue weighted by Gasteiger charge is -2.08. The summed E-state index contributed by atoms with van der Waals surface area (Å²) >= 11 is 7.48. The largest absolute Gasteiger partial charge is 0.493 e. The zero-order chi connectivity index (χ0) is 19.7. The first kappa shape index (κ1) is 18.7. The van der Waals surface area contributed by atoms with E-state index in [2.05, 4.69) is 23.9 Å². The van der Waals surface area contributed by atoms with Gasteiger partial charge in [-0.1, -0.05) is 55.0 Å². The average molecular weight is 412 g/mol. The predicted molar refractivity (Wildman–Crippen MR) is 113 cm³/mol. The Balaban J connectivity index is 1.65. The molecule has 0 atom stereocenters. The Kier molecular flexibility index (Phi) is 5.15. The molecular formula is C21H18ClN3O2S. The van der Waals surface area contributed by atoms with Gasteiger partial charge in [-0.05, 0) is 47.9 Å². The predicted octanol–water partition coefficient (Wildman–Crippen LogP) is 4.05. The molecule has 0 aliphatic carbocycles. The Morgan fingerprint density at radius 3 is 2.61 bits per heavy atom. The summed E-state index contributed by atoms with van der Waals surface area (Å²) in [4.78, 5) is 17.7. The summed E-state index contributed by atoms with van der Waals surface area (Å²) in [6.07, 6.45) is 1.77. The van der Waals surface area contributed by atoms with E-state index in [0.717, 1.165) is 16.9 Å². The van der Waals surface area contributed by atoms with Gasteiger partial charge in [0, 0.05) is 10.6 Å². The van der Waals surface area contributed by atoms with Crippen LogP contribution in [0.15, 0.2) is 53.3 Å². The number of aromatic nitrogens is 3. The van der Waals surface area contributed by atoms with Crippen LogP contribution in [-0.2, 0) is 0 Å². The van der Waals surface area contributed by atoms with Crippen LogP contribution in [0.3, 0.4) is 0 Å². The molecule has 0 saturated carbocycles. The first-order valence-corrected chi connectivity index (χ1v) is 10.1. The molecular weight excluding hydrogens is 394 g/mol. The van der Waals surface area contributed by atoms with Crippen LogP contribution in [0.4, 0.5) is 0 Å². The summed E-state index contributed by atoms with van der Waals surface area (Å²) in [5.41, 5.74) is 1.43. The van der Waals surface area contributed by atoms with Gasteiger partial charge in [0.2, 0.25) is 4.96 Å². The number of nitrogens with zero attached hydrogens (tertiary/aromatic N) is 3. The van der Waals surface area contributed by atoms with Crippen molar-refractivity contribution in [1.82, 2.24) is 14.6 Å². The fourth-order valence-electron chi connectivity index (χ4n) is 2.65. The highest BCUT2D eigenvalue weighted by Gasteiger charge is 2.12. The van der Waals surface area contributed by atoms with Crippen LogP contribution in [0.1, 0.15) is 19.4 Å². The molecule has 2 heterocycles. The van der Waals surface area contributed by atoms with Gasteiger partial charge in [0.15, 0.2) is 5.82 Å². The molecule has 0 N–H and O–H groups in total. The minimum absolute atomic E-state index is 0.199. The summed E-state index contributed by atoms with van der Waals surface area (Å²) in [6, 6.07) is 15.0. The fraction of sp³-hybridized carbons (Fsp3) is 0.190. The first-order chi connectivity index (χ1) is 13.5. The SMILES string of the molecule is CC(C)COc1ccc(-c2nc3sc(=Cc4ccccc4Cl)c(=O)n3n2)cc1. The zero-order valence-electron chi connectivity index (χ0n) is 15.4. The number of rotatable bonds is 5. The van der Waals surface area contributed by atoms with Crippen molar-refractivity contribution in [2.24, 2.45) is 5.92 Å². The maximum atomic E-state index is 12.7. The summed E-state index contributed by atoms with van der Waals surface area (Å²) in [5, 5.41) is 4.98. The van der Waals surface area contributed by atoms with Crippen molar-refractivity contribution in [3.8, 4) is 17.1 Å². The molecule has 0 bridgehead atoms. The maximum Gasteiger partial charge on any atom is 0.291 e. The summed E-state index contributed by atoms with van der Waals surface area (Å²) < 4.78 is 7.58. The monoisotopic (exact) mass is 411 g/mol. The third kappa shape index (κ3) is 3.79. The lowest BCUT2D eigenvalue weighted by atomic mass is 10.2. The smallest absolute Gasteiger partial charge is 0.291 e. The third-order valence-corrected chi connectivity index (χ3v) is 5.37. The number of ether oxygens (including phenoxy) is 1. The number of thiazole rings is 1. The highest BCUT2D eigenvalue weighted by molar-refractivity contribution is 7.15. The van der Waals surface area contributed by atoms with Crippen molar-refractivity contribution in [3.05, 3.63) is 74.0 Å². The molecule has 0 unspecified atom stereocenters. The summed E-state index contributed by atoms with van der Waals surface area (Å²) in [5.74, 6) is 1.79. The topological polar surface area (TPSA) is 56.5 Å². The van der Waals surface area contributed by atoms with E-state index in [1.165, 1.54) is 15.9 Å². The third-order valence-electron chi connectivity index (χ3n) is 4.07. The van der Waals surface area contributed by atoms with Crippen LogP contribution in [-0.4, -0.2) is 21.2 Å². The van der Waals surface area contributed by atoms with Gasteiger partial charge in [0.1, 0.15) is 5.75 Å². The Bertz CT molecular complexity index is 1230. The molecule has 0 aliphatic heterocycles. The van der Waals surface area contributed by atoms with Gasteiger partial charge in [-0.2, -0.15) is 9.50 Å². The normalized spacial score (nSPS) is 12.2. The highest BCUT2D eigenvalue weighted by atomic mass is 35.5. The molecule has 142 valence electrons. The average Bonchev–Trinajstić information content (AvgIpc) is 3.22. The van der Waals surface area contributed by atoms with E-state index in [0.29, 0.717) is 32.9 Å². The lowest BCUT2D eigenvalue weighted by Crippen LogP contribution is -2.23. The van der Waals surface area contributed by atoms with E-state index in [1.54, 1.807) is 12.1 Å². The molecule has 0 spiro atoms. The minimum Gasteiger partial charge on any atom is -0.493 e. The second-order valence-corrected chi connectivity index (χ2v) is 8.21. The molecule has 0 radical (unpaired) electrons. The van der Waals surface area contributed by atoms with E-state index < -0.39 is 0 Å². The van der Waals surface area contributed by atoms with Crippen LogP contribution in [0, 0.1) is 5.92 Å².